The van der Waals surface area contributed by atoms with Gasteiger partial charge in [0.2, 0.25) is 11.8 Å². The number of carbonyl (C=O) groups is 1. The molecule has 0 radical (unpaired) electrons. The Morgan fingerprint density at radius 3 is 2.62 bits per heavy atom. The van der Waals surface area contributed by atoms with E-state index in [1.54, 1.807) is 24.3 Å². The number of thiazole rings is 1. The van der Waals surface area contributed by atoms with Gasteiger partial charge in [-0.15, -0.1) is 21.5 Å². The Hall–Kier alpha value is -3.10. The molecule has 6 nitrogen and oxygen atoms in total. The van der Waals surface area contributed by atoms with Crippen LogP contribution in [-0.4, -0.2) is 38.6 Å². The average Bonchev–Trinajstić information content (AvgIpc) is 3.47. The van der Waals surface area contributed by atoms with Crippen LogP contribution in [0.15, 0.2) is 52.9 Å². The third-order valence-electron chi connectivity index (χ3n) is 5.90. The number of hydrogen-bond donors (Lipinski definition) is 0. The van der Waals surface area contributed by atoms with Crippen molar-refractivity contribution in [1.29, 1.82) is 0 Å². The first kappa shape index (κ1) is 22.7. The van der Waals surface area contributed by atoms with Crippen LogP contribution in [0.2, 0.25) is 5.02 Å². The lowest BCUT2D eigenvalue weighted by atomic mass is 9.98. The molecule has 1 aliphatic rings. The fourth-order valence-corrected chi connectivity index (χ4v) is 5.27. The minimum Gasteiger partial charge on any atom is -0.421 e. The maximum atomic E-state index is 13.7. The monoisotopic (exact) mass is 496 g/mol. The van der Waals surface area contributed by atoms with Crippen LogP contribution in [0.3, 0.4) is 0 Å². The number of aryl methyl sites for hydroxylation is 1. The average molecular weight is 497 g/mol. The number of likely N-dealkylation sites (tertiary alicyclic amines) is 1. The molecule has 2 aromatic carbocycles. The molecule has 0 saturated carbocycles. The lowest BCUT2D eigenvalue weighted by Crippen LogP contribution is -2.45. The summed E-state index contributed by atoms with van der Waals surface area (Å²) in [5.74, 6) is 0.481. The van der Waals surface area contributed by atoms with Crippen molar-refractivity contribution >= 4 is 28.8 Å². The van der Waals surface area contributed by atoms with Gasteiger partial charge in [0.05, 0.1) is 9.88 Å². The third-order valence-corrected chi connectivity index (χ3v) is 7.17. The number of carbonyl (C=O) groups excluding carboxylic acids is 1. The largest absolute Gasteiger partial charge is 0.421 e. The van der Waals surface area contributed by atoms with E-state index < -0.39 is 0 Å². The second kappa shape index (κ2) is 9.64. The Bertz CT molecular complexity index is 1300. The van der Waals surface area contributed by atoms with Crippen molar-refractivity contribution in [2.45, 2.75) is 38.6 Å². The molecule has 1 fully saturated rings. The Balaban J connectivity index is 1.38. The van der Waals surface area contributed by atoms with E-state index in [2.05, 4.69) is 15.2 Å². The molecular formula is C25H22ClFN4O2S. The molecule has 2 aromatic heterocycles. The summed E-state index contributed by atoms with van der Waals surface area (Å²) in [5, 5.41) is 9.81. The van der Waals surface area contributed by atoms with Crippen LogP contribution < -0.4 is 0 Å². The van der Waals surface area contributed by atoms with E-state index >= 15 is 0 Å². The van der Waals surface area contributed by atoms with Gasteiger partial charge in [-0.3, -0.25) is 4.79 Å². The molecule has 4 aromatic rings. The van der Waals surface area contributed by atoms with E-state index in [1.807, 2.05) is 24.0 Å². The van der Waals surface area contributed by atoms with Crippen molar-refractivity contribution in [3.63, 3.8) is 0 Å². The molecule has 1 amide bonds. The van der Waals surface area contributed by atoms with Crippen molar-refractivity contribution in [3.05, 3.63) is 76.0 Å². The molecule has 1 aliphatic heterocycles. The van der Waals surface area contributed by atoms with Crippen molar-refractivity contribution in [1.82, 2.24) is 20.1 Å². The Morgan fingerprint density at radius 1 is 1.12 bits per heavy atom. The summed E-state index contributed by atoms with van der Waals surface area (Å²) in [6, 6.07) is 13.3. The van der Waals surface area contributed by atoms with Crippen molar-refractivity contribution < 1.29 is 13.6 Å². The number of piperidine rings is 1. The maximum absolute atomic E-state index is 13.7. The fraction of sp³-hybridized carbons (Fsp3) is 0.280. The standard InChI is InChI=1S/C25H22ClFN4O2S/c1-15-28-22(23(34-15)16-7-11-19(27)12-8-16)25(32)31-13-3-2-4-20(31)14-21-29-30-24(33-21)17-5-9-18(26)10-6-17/h5-12,20H,2-4,13-14H2,1H3/t20-/m0/s1. The van der Waals surface area contributed by atoms with Crippen LogP contribution in [0.5, 0.6) is 0 Å². The van der Waals surface area contributed by atoms with Gasteiger partial charge >= 0.3 is 0 Å². The van der Waals surface area contributed by atoms with Gasteiger partial charge in [0.1, 0.15) is 11.5 Å². The predicted molar refractivity (Wildman–Crippen MR) is 129 cm³/mol. The first-order valence-electron chi connectivity index (χ1n) is 11.1. The van der Waals surface area contributed by atoms with Gasteiger partial charge in [0.15, 0.2) is 0 Å². The normalized spacial score (nSPS) is 16.1. The van der Waals surface area contributed by atoms with Crippen LogP contribution in [-0.2, 0) is 6.42 Å². The molecule has 0 spiro atoms. The Labute approximate surface area is 205 Å². The number of nitrogens with zero attached hydrogens (tertiary/aromatic N) is 4. The van der Waals surface area contributed by atoms with Gasteiger partial charge in [0.25, 0.3) is 5.91 Å². The van der Waals surface area contributed by atoms with Crippen molar-refractivity contribution in [2.75, 3.05) is 6.54 Å². The summed E-state index contributed by atoms with van der Waals surface area (Å²) >= 11 is 7.40. The van der Waals surface area contributed by atoms with Crippen LogP contribution in [0.4, 0.5) is 4.39 Å². The highest BCUT2D eigenvalue weighted by molar-refractivity contribution is 7.15. The van der Waals surface area contributed by atoms with Gasteiger partial charge in [-0.1, -0.05) is 23.7 Å². The van der Waals surface area contributed by atoms with Gasteiger partial charge in [-0.25, -0.2) is 9.37 Å². The lowest BCUT2D eigenvalue weighted by molar-refractivity contribution is 0.0601. The van der Waals surface area contributed by atoms with E-state index in [0.717, 1.165) is 40.3 Å². The van der Waals surface area contributed by atoms with Crippen LogP contribution >= 0.6 is 22.9 Å². The smallest absolute Gasteiger partial charge is 0.274 e. The zero-order valence-corrected chi connectivity index (χ0v) is 20.1. The zero-order valence-electron chi connectivity index (χ0n) is 18.5. The summed E-state index contributed by atoms with van der Waals surface area (Å²) in [5.41, 5.74) is 1.99. The minimum atomic E-state index is -0.313. The molecule has 1 saturated heterocycles. The molecule has 0 unspecified atom stereocenters. The highest BCUT2D eigenvalue weighted by Crippen LogP contribution is 2.33. The first-order chi connectivity index (χ1) is 16.5. The van der Waals surface area contributed by atoms with Gasteiger partial charge in [0, 0.05) is 29.6 Å². The summed E-state index contributed by atoms with van der Waals surface area (Å²) in [4.78, 5) is 20.8. The van der Waals surface area contributed by atoms with Crippen LogP contribution in [0.1, 0.15) is 40.6 Å². The highest BCUT2D eigenvalue weighted by atomic mass is 35.5. The quantitative estimate of drug-likeness (QED) is 0.329. The van der Waals surface area contributed by atoms with Crippen LogP contribution in [0, 0.1) is 12.7 Å². The van der Waals surface area contributed by atoms with E-state index in [1.165, 1.54) is 23.5 Å². The Morgan fingerprint density at radius 2 is 1.85 bits per heavy atom. The van der Waals surface area contributed by atoms with Gasteiger partial charge < -0.3 is 9.32 Å². The van der Waals surface area contributed by atoms with Gasteiger partial charge in [-0.05, 0) is 68.1 Å². The predicted octanol–water partition coefficient (Wildman–Crippen LogP) is 6.20. The van der Waals surface area contributed by atoms with Crippen molar-refractivity contribution in [2.24, 2.45) is 0 Å². The maximum Gasteiger partial charge on any atom is 0.274 e. The number of amides is 1. The molecule has 3 heterocycles. The topological polar surface area (TPSA) is 72.1 Å². The molecule has 174 valence electrons. The Kier molecular flexibility index (Phi) is 6.43. The number of halogens is 2. The first-order valence-corrected chi connectivity index (χ1v) is 12.3. The summed E-state index contributed by atoms with van der Waals surface area (Å²) in [6.07, 6.45) is 3.27. The second-order valence-corrected chi connectivity index (χ2v) is 9.92. The van der Waals surface area contributed by atoms with E-state index in [-0.39, 0.29) is 17.8 Å². The molecule has 34 heavy (non-hydrogen) atoms. The number of aromatic nitrogens is 3. The SMILES string of the molecule is Cc1nc(C(=O)N2CCCC[C@H]2Cc2nnc(-c3ccc(Cl)cc3)o2)c(-c2ccc(F)cc2)s1. The van der Waals surface area contributed by atoms with E-state index in [4.69, 9.17) is 16.0 Å². The molecule has 0 N–H and O–H groups in total. The third kappa shape index (κ3) is 4.74. The fourth-order valence-electron chi connectivity index (χ4n) is 4.23. The number of rotatable bonds is 5. The lowest BCUT2D eigenvalue weighted by Gasteiger charge is -2.35. The zero-order chi connectivity index (χ0) is 23.7. The molecular weight excluding hydrogens is 475 g/mol. The summed E-state index contributed by atoms with van der Waals surface area (Å²) < 4.78 is 19.3. The minimum absolute atomic E-state index is 0.0668. The van der Waals surface area contributed by atoms with Gasteiger partial charge in [-0.2, -0.15) is 0 Å². The molecule has 0 bridgehead atoms. The van der Waals surface area contributed by atoms with Crippen LogP contribution in [0.25, 0.3) is 21.9 Å². The molecule has 5 rings (SSSR count). The van der Waals surface area contributed by atoms with E-state index in [9.17, 15) is 9.18 Å². The highest BCUT2D eigenvalue weighted by Gasteiger charge is 2.32. The van der Waals surface area contributed by atoms with E-state index in [0.29, 0.717) is 35.5 Å². The van der Waals surface area contributed by atoms with Crippen molar-refractivity contribution in [3.8, 4) is 21.9 Å². The molecule has 1 atom stereocenters. The number of benzene rings is 2. The molecule has 0 aliphatic carbocycles. The second-order valence-electron chi connectivity index (χ2n) is 8.28. The molecule has 9 heteroatoms. The summed E-state index contributed by atoms with van der Waals surface area (Å²) in [7, 11) is 0. The summed E-state index contributed by atoms with van der Waals surface area (Å²) in [6.45, 7) is 2.51. The number of hydrogen-bond acceptors (Lipinski definition) is 6.